The Bertz CT molecular complexity index is 301. The van der Waals surface area contributed by atoms with Gasteiger partial charge in [0, 0.05) is 5.57 Å². The van der Waals surface area contributed by atoms with Gasteiger partial charge in [0.25, 0.3) is 5.95 Å². The van der Waals surface area contributed by atoms with Crippen LogP contribution in [0, 0.1) is 0 Å². The van der Waals surface area contributed by atoms with Crippen LogP contribution in [0.4, 0.5) is 0 Å². The Morgan fingerprint density at radius 2 is 1.05 bits per heavy atom. The van der Waals surface area contributed by atoms with E-state index in [1.807, 2.05) is 0 Å². The molecule has 0 amide bonds. The van der Waals surface area contributed by atoms with Gasteiger partial charge in [-0.25, -0.2) is 0 Å². The van der Waals surface area contributed by atoms with Crippen LogP contribution in [0.3, 0.4) is 0 Å². The van der Waals surface area contributed by atoms with Crippen molar-refractivity contribution < 1.29 is 13.3 Å². The molecule has 0 N–H and O–H groups in total. The Morgan fingerprint density at radius 3 is 1.32 bits per heavy atom. The molecule has 0 aliphatic rings. The third-order valence-corrected chi connectivity index (χ3v) is 4.47. The minimum absolute atomic E-state index is 0.611. The fourth-order valence-electron chi connectivity index (χ4n) is 1.13. The normalized spacial score (nSPS) is 13.2. The number of hydrogen-bond acceptors (Lipinski definition) is 3. The van der Waals surface area contributed by atoms with E-state index in [4.69, 9.17) is 13.3 Å². The van der Waals surface area contributed by atoms with Crippen molar-refractivity contribution in [3.05, 3.63) is 11.5 Å². The van der Waals surface area contributed by atoms with Gasteiger partial charge in [-0.1, -0.05) is 0 Å². The maximum atomic E-state index is 6.11. The van der Waals surface area contributed by atoms with Gasteiger partial charge in [0.2, 0.25) is 16.6 Å². The first kappa shape index (κ1) is 19.0. The molecule has 0 aliphatic carbocycles. The van der Waals surface area contributed by atoms with Gasteiger partial charge in [-0.3, -0.25) is 0 Å². The lowest BCUT2D eigenvalue weighted by Gasteiger charge is -2.29. The van der Waals surface area contributed by atoms with Crippen LogP contribution in [0.2, 0.25) is 58.9 Å². The molecule has 0 aliphatic heterocycles. The summed E-state index contributed by atoms with van der Waals surface area (Å²) in [6.07, 6.45) is 0. The number of hydrogen-bond donors (Lipinski definition) is 0. The highest BCUT2D eigenvalue weighted by molar-refractivity contribution is 6.71. The van der Waals surface area contributed by atoms with Crippen molar-refractivity contribution in [1.82, 2.24) is 0 Å². The Balaban J connectivity index is 4.98. The van der Waals surface area contributed by atoms with E-state index in [9.17, 15) is 0 Å². The zero-order valence-corrected chi connectivity index (χ0v) is 17.4. The van der Waals surface area contributed by atoms with Gasteiger partial charge < -0.3 is 13.3 Å². The summed E-state index contributed by atoms with van der Waals surface area (Å²) in [4.78, 5) is 0. The predicted octanol–water partition coefficient (Wildman–Crippen LogP) is 4.77. The van der Waals surface area contributed by atoms with Crippen LogP contribution >= 0.6 is 0 Å². The maximum absolute atomic E-state index is 6.11. The Hall–Kier alpha value is -0.0494. The van der Waals surface area contributed by atoms with Gasteiger partial charge in [-0.05, 0) is 65.8 Å². The second kappa shape index (κ2) is 6.60. The average Bonchev–Trinajstić information content (AvgIpc) is 2.07. The summed E-state index contributed by atoms with van der Waals surface area (Å²) in [6.45, 7) is 22.3. The molecule has 0 spiro atoms. The minimum Gasteiger partial charge on any atom is -0.521 e. The summed E-state index contributed by atoms with van der Waals surface area (Å²) >= 11 is 0. The Morgan fingerprint density at radius 1 is 0.684 bits per heavy atom. The van der Waals surface area contributed by atoms with Crippen LogP contribution in [-0.4, -0.2) is 31.6 Å². The predicted molar refractivity (Wildman–Crippen MR) is 90.9 cm³/mol. The standard InChI is InChI=1S/C13H32O3Si3/c1-12(11-14-17(2,3)4)13(15-18(5,6)7)16-19(8,9)10/h11H2,1-10H3. The zero-order chi connectivity index (χ0) is 15.5. The van der Waals surface area contributed by atoms with Gasteiger partial charge in [0.1, 0.15) is 0 Å². The van der Waals surface area contributed by atoms with E-state index in [0.717, 1.165) is 11.5 Å². The fraction of sp³-hybridized carbons (Fsp3) is 0.846. The van der Waals surface area contributed by atoms with Crippen LogP contribution in [0.1, 0.15) is 6.92 Å². The largest absolute Gasteiger partial charge is 0.521 e. The van der Waals surface area contributed by atoms with Crippen molar-refractivity contribution in [1.29, 1.82) is 0 Å². The summed E-state index contributed by atoms with van der Waals surface area (Å²) in [6, 6.07) is 0. The third-order valence-electron chi connectivity index (χ3n) is 1.87. The molecular weight excluding hydrogens is 288 g/mol. The molecule has 3 nitrogen and oxygen atoms in total. The van der Waals surface area contributed by atoms with Crippen molar-refractivity contribution in [3.63, 3.8) is 0 Å². The van der Waals surface area contributed by atoms with Gasteiger partial charge >= 0.3 is 0 Å². The summed E-state index contributed by atoms with van der Waals surface area (Å²) in [5, 5.41) is 0. The molecule has 0 fully saturated rings. The molecule has 0 aromatic carbocycles. The maximum Gasteiger partial charge on any atom is 0.252 e. The SMILES string of the molecule is CC(CO[Si](C)(C)C)=C(O[Si](C)(C)C)O[Si](C)(C)C. The van der Waals surface area contributed by atoms with Crippen LogP contribution < -0.4 is 0 Å². The van der Waals surface area contributed by atoms with E-state index in [-0.39, 0.29) is 0 Å². The first-order chi connectivity index (χ1) is 8.20. The third kappa shape index (κ3) is 11.5. The molecule has 19 heavy (non-hydrogen) atoms. The second-order valence-corrected chi connectivity index (χ2v) is 21.3. The monoisotopic (exact) mass is 320 g/mol. The van der Waals surface area contributed by atoms with Crippen molar-refractivity contribution in [3.8, 4) is 0 Å². The fourth-order valence-corrected chi connectivity index (χ4v) is 3.41. The van der Waals surface area contributed by atoms with E-state index < -0.39 is 25.0 Å². The van der Waals surface area contributed by atoms with Crippen molar-refractivity contribution >= 4 is 25.0 Å². The van der Waals surface area contributed by atoms with Crippen LogP contribution in [0.25, 0.3) is 0 Å². The zero-order valence-electron chi connectivity index (χ0n) is 14.4. The van der Waals surface area contributed by atoms with E-state index in [1.165, 1.54) is 0 Å². The molecule has 0 atom stereocenters. The van der Waals surface area contributed by atoms with E-state index >= 15 is 0 Å². The van der Waals surface area contributed by atoms with E-state index in [2.05, 4.69) is 65.8 Å². The highest BCUT2D eigenvalue weighted by atomic mass is 28.4. The highest BCUT2D eigenvalue weighted by Crippen LogP contribution is 2.21. The minimum atomic E-state index is -1.66. The van der Waals surface area contributed by atoms with Gasteiger partial charge in [-0.2, -0.15) is 0 Å². The molecule has 0 aromatic rings. The average molecular weight is 321 g/mol. The molecule has 0 unspecified atom stereocenters. The lowest BCUT2D eigenvalue weighted by Crippen LogP contribution is -2.33. The van der Waals surface area contributed by atoms with E-state index in [0.29, 0.717) is 6.61 Å². The van der Waals surface area contributed by atoms with Crippen LogP contribution in [0.15, 0.2) is 11.5 Å². The Kier molecular flexibility index (Phi) is 6.58. The lowest BCUT2D eigenvalue weighted by atomic mass is 10.4. The first-order valence-corrected chi connectivity index (χ1v) is 17.1. The molecule has 0 saturated carbocycles. The van der Waals surface area contributed by atoms with Gasteiger partial charge in [0.15, 0.2) is 8.32 Å². The van der Waals surface area contributed by atoms with Crippen LogP contribution in [-0.2, 0) is 13.3 Å². The van der Waals surface area contributed by atoms with Crippen LogP contribution in [0.5, 0.6) is 0 Å². The second-order valence-electron chi connectivity index (χ2n) is 7.90. The summed E-state index contributed by atoms with van der Waals surface area (Å²) in [5.41, 5.74) is 1.08. The number of rotatable bonds is 7. The summed E-state index contributed by atoms with van der Waals surface area (Å²) in [7, 11) is -4.83. The Labute approximate surface area is 122 Å². The summed E-state index contributed by atoms with van der Waals surface area (Å²) in [5.74, 6) is 0.719. The molecule has 0 saturated heterocycles. The molecule has 0 rings (SSSR count). The molecule has 0 bridgehead atoms. The highest BCUT2D eigenvalue weighted by Gasteiger charge is 2.26. The van der Waals surface area contributed by atoms with Gasteiger partial charge in [-0.15, -0.1) is 0 Å². The summed E-state index contributed by atoms with van der Waals surface area (Å²) < 4.78 is 18.2. The molecule has 114 valence electrons. The molecule has 0 aromatic heterocycles. The molecule has 6 heteroatoms. The van der Waals surface area contributed by atoms with Crippen molar-refractivity contribution in [2.75, 3.05) is 6.61 Å². The van der Waals surface area contributed by atoms with Crippen molar-refractivity contribution in [2.24, 2.45) is 0 Å². The van der Waals surface area contributed by atoms with Gasteiger partial charge in [0.05, 0.1) is 6.61 Å². The van der Waals surface area contributed by atoms with Crippen molar-refractivity contribution in [2.45, 2.75) is 65.8 Å². The first-order valence-electron chi connectivity index (χ1n) is 6.91. The smallest absolute Gasteiger partial charge is 0.252 e. The molecule has 0 radical (unpaired) electrons. The topological polar surface area (TPSA) is 27.7 Å². The lowest BCUT2D eigenvalue weighted by molar-refractivity contribution is 0.201. The quantitative estimate of drug-likeness (QED) is 0.499. The molecule has 0 heterocycles. The molecular formula is C13H32O3Si3. The van der Waals surface area contributed by atoms with E-state index in [1.54, 1.807) is 0 Å².